The number of halogens is 1. The Morgan fingerprint density at radius 1 is 1.33 bits per heavy atom. The molecule has 33 heavy (non-hydrogen) atoms. The molecular weight excluding hydrogens is 421 g/mol. The molecule has 7 nitrogen and oxygen atoms in total. The fourth-order valence-electron chi connectivity index (χ4n) is 4.15. The van der Waals surface area contributed by atoms with Gasteiger partial charge in [0.1, 0.15) is 5.82 Å². The Kier molecular flexibility index (Phi) is 9.69. The maximum absolute atomic E-state index is 13.4. The Labute approximate surface area is 196 Å². The summed E-state index contributed by atoms with van der Waals surface area (Å²) in [6.45, 7) is 9.34. The standard InChI is InChI=1S/C25H38FN5O2/c1-19(2)17-31-12-13-33-23(18-31)16-27-25(32)30(3)11-6-4-5-10-22-15-24(29-28-22)20-8-7-9-21(26)14-20/h7-9,14-15,19,23H,4-6,10-13,16-18H2,1-3H3,(H,27,32)(H,28,29). The van der Waals surface area contributed by atoms with E-state index in [1.807, 2.05) is 19.2 Å². The summed E-state index contributed by atoms with van der Waals surface area (Å²) in [4.78, 5) is 16.6. The molecule has 1 aromatic heterocycles. The number of aromatic amines is 1. The SMILES string of the molecule is CC(C)CN1CCOC(CNC(=O)N(C)CCCCCc2cc(-c3cccc(F)c3)n[nH]2)C1. The van der Waals surface area contributed by atoms with Crippen molar-refractivity contribution in [2.24, 2.45) is 5.92 Å². The third-order valence-corrected chi connectivity index (χ3v) is 5.86. The van der Waals surface area contributed by atoms with E-state index in [4.69, 9.17) is 4.74 Å². The lowest BCUT2D eigenvalue weighted by Gasteiger charge is -2.34. The van der Waals surface area contributed by atoms with Crippen LogP contribution in [-0.2, 0) is 11.2 Å². The summed E-state index contributed by atoms with van der Waals surface area (Å²) in [7, 11) is 1.84. The van der Waals surface area contributed by atoms with Gasteiger partial charge in [-0.15, -0.1) is 0 Å². The number of amides is 2. The minimum atomic E-state index is -0.260. The van der Waals surface area contributed by atoms with Crippen LogP contribution in [0, 0.1) is 11.7 Å². The molecule has 1 aromatic carbocycles. The zero-order chi connectivity index (χ0) is 23.6. The maximum Gasteiger partial charge on any atom is 0.317 e. The first-order chi connectivity index (χ1) is 15.9. The average Bonchev–Trinajstić information content (AvgIpc) is 3.26. The molecule has 1 unspecified atom stereocenters. The van der Waals surface area contributed by atoms with Gasteiger partial charge in [-0.3, -0.25) is 10.00 Å². The number of hydrogen-bond acceptors (Lipinski definition) is 4. The van der Waals surface area contributed by atoms with Gasteiger partial charge in [-0.25, -0.2) is 9.18 Å². The molecule has 0 saturated carbocycles. The van der Waals surface area contributed by atoms with Gasteiger partial charge in [0, 0.05) is 51.0 Å². The number of morpholine rings is 1. The predicted octanol–water partition coefficient (Wildman–Crippen LogP) is 3.93. The summed E-state index contributed by atoms with van der Waals surface area (Å²) >= 11 is 0. The molecule has 1 fully saturated rings. The van der Waals surface area contributed by atoms with Crippen molar-refractivity contribution in [2.45, 2.75) is 45.6 Å². The van der Waals surface area contributed by atoms with Crippen LogP contribution >= 0.6 is 0 Å². The molecule has 0 radical (unpaired) electrons. The first kappa shape index (κ1) is 25.2. The molecule has 1 aliphatic heterocycles. The summed E-state index contributed by atoms with van der Waals surface area (Å²) in [5.41, 5.74) is 2.57. The Morgan fingerprint density at radius 2 is 2.18 bits per heavy atom. The highest BCUT2D eigenvalue weighted by atomic mass is 19.1. The van der Waals surface area contributed by atoms with E-state index >= 15 is 0 Å². The summed E-state index contributed by atoms with van der Waals surface area (Å²) in [6.07, 6.45) is 3.89. The van der Waals surface area contributed by atoms with E-state index in [0.29, 0.717) is 19.0 Å². The van der Waals surface area contributed by atoms with Crippen LogP contribution in [0.1, 0.15) is 38.8 Å². The minimum absolute atomic E-state index is 0.0483. The number of nitrogens with one attached hydrogen (secondary N) is 2. The molecule has 1 atom stereocenters. The molecule has 182 valence electrons. The van der Waals surface area contributed by atoms with Crippen molar-refractivity contribution < 1.29 is 13.9 Å². The quantitative estimate of drug-likeness (QED) is 0.500. The zero-order valence-corrected chi connectivity index (χ0v) is 20.1. The van der Waals surface area contributed by atoms with Gasteiger partial charge >= 0.3 is 6.03 Å². The molecule has 3 rings (SSSR count). The van der Waals surface area contributed by atoms with Crippen LogP contribution < -0.4 is 5.32 Å². The van der Waals surface area contributed by atoms with Gasteiger partial charge in [0.15, 0.2) is 0 Å². The van der Waals surface area contributed by atoms with Crippen molar-refractivity contribution in [3.8, 4) is 11.3 Å². The molecule has 1 saturated heterocycles. The Bertz CT molecular complexity index is 872. The third kappa shape index (κ3) is 8.44. The Balaban J connectivity index is 1.29. The number of ether oxygens (including phenoxy) is 1. The first-order valence-corrected chi connectivity index (χ1v) is 12.0. The minimum Gasteiger partial charge on any atom is -0.374 e. The largest absolute Gasteiger partial charge is 0.374 e. The topological polar surface area (TPSA) is 73.5 Å². The average molecular weight is 460 g/mol. The van der Waals surface area contributed by atoms with Gasteiger partial charge in [-0.1, -0.05) is 32.4 Å². The highest BCUT2D eigenvalue weighted by Gasteiger charge is 2.21. The normalized spacial score (nSPS) is 16.8. The third-order valence-electron chi connectivity index (χ3n) is 5.86. The molecule has 0 aliphatic carbocycles. The number of unbranched alkanes of at least 4 members (excludes halogenated alkanes) is 2. The van der Waals surface area contributed by atoms with Crippen LogP contribution in [0.2, 0.25) is 0 Å². The number of nitrogens with zero attached hydrogens (tertiary/aromatic N) is 3. The van der Waals surface area contributed by atoms with Crippen LogP contribution in [0.25, 0.3) is 11.3 Å². The molecule has 2 heterocycles. The van der Waals surface area contributed by atoms with E-state index in [0.717, 1.165) is 68.9 Å². The van der Waals surface area contributed by atoms with Crippen molar-refractivity contribution in [1.29, 1.82) is 0 Å². The molecule has 1 aliphatic rings. The number of rotatable bonds is 11. The van der Waals surface area contributed by atoms with Gasteiger partial charge in [-0.05, 0) is 43.4 Å². The van der Waals surface area contributed by atoms with E-state index < -0.39 is 0 Å². The smallest absolute Gasteiger partial charge is 0.317 e. The number of H-pyrrole nitrogens is 1. The van der Waals surface area contributed by atoms with Crippen molar-refractivity contribution in [3.05, 3.63) is 41.8 Å². The first-order valence-electron chi connectivity index (χ1n) is 12.0. The number of aryl methyl sites for hydroxylation is 1. The van der Waals surface area contributed by atoms with Gasteiger partial charge in [0.05, 0.1) is 18.4 Å². The summed E-state index contributed by atoms with van der Waals surface area (Å²) < 4.78 is 19.2. The van der Waals surface area contributed by atoms with Gasteiger partial charge in [-0.2, -0.15) is 5.10 Å². The van der Waals surface area contributed by atoms with Crippen LogP contribution in [0.15, 0.2) is 30.3 Å². The van der Waals surface area contributed by atoms with Crippen LogP contribution in [-0.4, -0.2) is 78.5 Å². The van der Waals surface area contributed by atoms with E-state index in [1.54, 1.807) is 11.0 Å². The molecular formula is C25H38FN5O2. The van der Waals surface area contributed by atoms with E-state index in [9.17, 15) is 9.18 Å². The second-order valence-electron chi connectivity index (χ2n) is 9.35. The molecule has 0 bridgehead atoms. The lowest BCUT2D eigenvalue weighted by atomic mass is 10.1. The number of carbonyl (C=O) groups is 1. The number of urea groups is 1. The van der Waals surface area contributed by atoms with Crippen LogP contribution in [0.4, 0.5) is 9.18 Å². The monoisotopic (exact) mass is 459 g/mol. The highest BCUT2D eigenvalue weighted by molar-refractivity contribution is 5.73. The van der Waals surface area contributed by atoms with E-state index in [-0.39, 0.29) is 18.0 Å². The molecule has 2 N–H and O–H groups in total. The van der Waals surface area contributed by atoms with Crippen molar-refractivity contribution >= 4 is 6.03 Å². The number of benzene rings is 1. The van der Waals surface area contributed by atoms with Crippen molar-refractivity contribution in [1.82, 2.24) is 25.3 Å². The van der Waals surface area contributed by atoms with Gasteiger partial charge < -0.3 is 15.0 Å². The fraction of sp³-hybridized carbons (Fsp3) is 0.600. The fourth-order valence-corrected chi connectivity index (χ4v) is 4.15. The summed E-state index contributed by atoms with van der Waals surface area (Å²) in [5.74, 6) is 0.373. The van der Waals surface area contributed by atoms with Crippen molar-refractivity contribution in [2.75, 3.05) is 46.4 Å². The van der Waals surface area contributed by atoms with Gasteiger partial charge in [0.2, 0.25) is 0 Å². The van der Waals surface area contributed by atoms with E-state index in [2.05, 4.69) is 34.3 Å². The maximum atomic E-state index is 13.4. The highest BCUT2D eigenvalue weighted by Crippen LogP contribution is 2.19. The van der Waals surface area contributed by atoms with Gasteiger partial charge in [0.25, 0.3) is 0 Å². The molecule has 8 heteroatoms. The molecule has 2 amide bonds. The summed E-state index contributed by atoms with van der Waals surface area (Å²) in [5, 5.41) is 10.3. The number of hydrogen-bond donors (Lipinski definition) is 2. The van der Waals surface area contributed by atoms with Crippen LogP contribution in [0.3, 0.4) is 0 Å². The second kappa shape index (κ2) is 12.7. The lowest BCUT2D eigenvalue weighted by molar-refractivity contribution is -0.0293. The lowest BCUT2D eigenvalue weighted by Crippen LogP contribution is -2.50. The van der Waals surface area contributed by atoms with E-state index in [1.165, 1.54) is 12.1 Å². The molecule has 2 aromatic rings. The zero-order valence-electron chi connectivity index (χ0n) is 20.1. The number of aromatic nitrogens is 2. The summed E-state index contributed by atoms with van der Waals surface area (Å²) in [6, 6.07) is 8.39. The molecule has 0 spiro atoms. The second-order valence-corrected chi connectivity index (χ2v) is 9.35. The Hall–Kier alpha value is -2.45. The van der Waals surface area contributed by atoms with Crippen molar-refractivity contribution in [3.63, 3.8) is 0 Å². The Morgan fingerprint density at radius 3 is 2.97 bits per heavy atom. The van der Waals surface area contributed by atoms with Crippen LogP contribution in [0.5, 0.6) is 0 Å². The number of carbonyl (C=O) groups excluding carboxylic acids is 1. The predicted molar refractivity (Wildman–Crippen MR) is 129 cm³/mol.